The lowest BCUT2D eigenvalue weighted by atomic mass is 10.2. The van der Waals surface area contributed by atoms with Crippen LogP contribution in [0, 0.1) is 10.1 Å². The largest absolute Gasteiger partial charge is 0.355 e. The van der Waals surface area contributed by atoms with Crippen molar-refractivity contribution in [3.05, 3.63) is 51.3 Å². The molecule has 0 aliphatic carbocycles. The molecule has 1 aromatic carbocycles. The van der Waals surface area contributed by atoms with Gasteiger partial charge in [-0.1, -0.05) is 23.7 Å². The molecule has 1 aromatic heterocycles. The Bertz CT molecular complexity index is 856. The number of hydrogen-bond acceptors (Lipinski definition) is 8. The summed E-state index contributed by atoms with van der Waals surface area (Å²) in [5, 5.41) is 11.9. The number of rotatable bonds is 5. The van der Waals surface area contributed by atoms with Gasteiger partial charge in [0.2, 0.25) is 11.6 Å². The van der Waals surface area contributed by atoms with Crippen molar-refractivity contribution in [3.63, 3.8) is 0 Å². The Morgan fingerprint density at radius 3 is 2.59 bits per heavy atom. The number of carbonyl (C=O) groups is 1. The number of amides is 1. The van der Waals surface area contributed by atoms with Crippen molar-refractivity contribution in [2.24, 2.45) is 0 Å². The van der Waals surface area contributed by atoms with E-state index in [0.717, 1.165) is 13.1 Å². The van der Waals surface area contributed by atoms with Gasteiger partial charge >= 0.3 is 5.69 Å². The zero-order valence-corrected chi connectivity index (χ0v) is 15.3. The molecule has 1 fully saturated rings. The molecule has 0 saturated carbocycles. The molecule has 2 aromatic rings. The molecule has 27 heavy (non-hydrogen) atoms. The summed E-state index contributed by atoms with van der Waals surface area (Å²) in [6.45, 7) is 2.76. The summed E-state index contributed by atoms with van der Waals surface area (Å²) in [6.07, 6.45) is 1.23. The molecule has 0 radical (unpaired) electrons. The lowest BCUT2D eigenvalue weighted by Crippen LogP contribution is -2.45. The number of hydrazine groups is 1. The maximum Gasteiger partial charge on any atom is 0.355 e. The smallest absolute Gasteiger partial charge is 0.348 e. The second-order valence-electron chi connectivity index (χ2n) is 6.00. The van der Waals surface area contributed by atoms with E-state index in [1.54, 1.807) is 24.3 Å². The molecule has 2 N–H and O–H groups in total. The minimum Gasteiger partial charge on any atom is -0.348 e. The van der Waals surface area contributed by atoms with E-state index in [9.17, 15) is 14.9 Å². The van der Waals surface area contributed by atoms with Gasteiger partial charge in [-0.3, -0.25) is 25.8 Å². The Kier molecular flexibility index (Phi) is 5.67. The van der Waals surface area contributed by atoms with E-state index in [0.29, 0.717) is 13.1 Å². The molecule has 0 bridgehead atoms. The SMILES string of the molecule is CN1CCN(c2ncnc(NNC(=O)c3ccccc3Cl)c2[N+](=O)[O-])CC1. The Labute approximate surface area is 160 Å². The molecule has 142 valence electrons. The zero-order chi connectivity index (χ0) is 19.4. The number of nitrogens with zero attached hydrogens (tertiary/aromatic N) is 5. The lowest BCUT2D eigenvalue weighted by molar-refractivity contribution is -0.383. The molecule has 2 heterocycles. The third-order valence-electron chi connectivity index (χ3n) is 4.20. The van der Waals surface area contributed by atoms with Crippen molar-refractivity contribution >= 4 is 34.8 Å². The van der Waals surface area contributed by atoms with Crippen molar-refractivity contribution in [2.45, 2.75) is 0 Å². The summed E-state index contributed by atoms with van der Waals surface area (Å²) >= 11 is 5.99. The van der Waals surface area contributed by atoms with E-state index < -0.39 is 10.8 Å². The number of nitro groups is 1. The van der Waals surface area contributed by atoms with Crippen LogP contribution < -0.4 is 15.8 Å². The normalized spacial score (nSPS) is 14.7. The van der Waals surface area contributed by atoms with E-state index in [1.165, 1.54) is 6.33 Å². The summed E-state index contributed by atoms with van der Waals surface area (Å²) in [7, 11) is 1.99. The van der Waals surface area contributed by atoms with Gasteiger partial charge in [0.1, 0.15) is 6.33 Å². The van der Waals surface area contributed by atoms with Gasteiger partial charge in [0.15, 0.2) is 0 Å². The van der Waals surface area contributed by atoms with Gasteiger partial charge in [-0.2, -0.15) is 0 Å². The third kappa shape index (κ3) is 4.23. The fraction of sp³-hybridized carbons (Fsp3) is 0.312. The second-order valence-corrected chi connectivity index (χ2v) is 6.41. The van der Waals surface area contributed by atoms with Gasteiger partial charge in [-0.25, -0.2) is 9.97 Å². The van der Waals surface area contributed by atoms with Crippen LogP contribution in [-0.4, -0.2) is 58.9 Å². The molecule has 0 spiro atoms. The molecule has 1 aliphatic rings. The van der Waals surface area contributed by atoms with Crippen molar-refractivity contribution in [3.8, 4) is 0 Å². The highest BCUT2D eigenvalue weighted by atomic mass is 35.5. The van der Waals surface area contributed by atoms with Gasteiger partial charge in [0.05, 0.1) is 15.5 Å². The predicted octanol–water partition coefficient (Wildman–Crippen LogP) is 1.55. The molecular formula is C16H18ClN7O3. The van der Waals surface area contributed by atoms with Crippen molar-refractivity contribution in [1.29, 1.82) is 0 Å². The predicted molar refractivity (Wildman–Crippen MR) is 101 cm³/mol. The first-order chi connectivity index (χ1) is 13.0. The van der Waals surface area contributed by atoms with Crippen molar-refractivity contribution < 1.29 is 9.72 Å². The summed E-state index contributed by atoms with van der Waals surface area (Å²) in [4.78, 5) is 35.3. The first-order valence-corrected chi connectivity index (χ1v) is 8.59. The zero-order valence-electron chi connectivity index (χ0n) is 14.6. The standard InChI is InChI=1S/C16H18ClN7O3/c1-22-6-8-23(9-7-22)15-13(24(26)27)14(18-10-19-15)20-21-16(25)11-4-2-3-5-12(11)17/h2-5,10H,6-9H2,1H3,(H,21,25)(H,18,19,20). The number of carbonyl (C=O) groups excluding carboxylic acids is 1. The highest BCUT2D eigenvalue weighted by Crippen LogP contribution is 2.31. The topological polar surface area (TPSA) is 117 Å². The number of likely N-dealkylation sites (N-methyl/N-ethyl adjacent to an activating group) is 1. The van der Waals surface area contributed by atoms with E-state index in [4.69, 9.17) is 11.6 Å². The van der Waals surface area contributed by atoms with Gasteiger partial charge in [-0.15, -0.1) is 0 Å². The van der Waals surface area contributed by atoms with Crippen molar-refractivity contribution in [2.75, 3.05) is 43.6 Å². The maximum absolute atomic E-state index is 12.3. The molecule has 11 heteroatoms. The Morgan fingerprint density at radius 1 is 1.22 bits per heavy atom. The molecular weight excluding hydrogens is 374 g/mol. The Balaban J connectivity index is 1.81. The molecule has 0 atom stereocenters. The summed E-state index contributed by atoms with van der Waals surface area (Å²) < 4.78 is 0. The van der Waals surface area contributed by atoms with Crippen LogP contribution in [0.15, 0.2) is 30.6 Å². The number of aromatic nitrogens is 2. The first kappa shape index (κ1) is 18.8. The summed E-state index contributed by atoms with van der Waals surface area (Å²) in [6, 6.07) is 6.49. The van der Waals surface area contributed by atoms with Crippen LogP contribution in [0.5, 0.6) is 0 Å². The first-order valence-electron chi connectivity index (χ1n) is 8.21. The number of piperazine rings is 1. The fourth-order valence-corrected chi connectivity index (χ4v) is 2.93. The molecule has 1 aliphatic heterocycles. The van der Waals surface area contributed by atoms with E-state index >= 15 is 0 Å². The van der Waals surface area contributed by atoms with Crippen LogP contribution in [0.1, 0.15) is 10.4 Å². The average Bonchev–Trinajstić information content (AvgIpc) is 2.66. The minimum absolute atomic E-state index is 0.0932. The molecule has 3 rings (SSSR count). The molecule has 1 amide bonds. The Morgan fingerprint density at radius 2 is 1.93 bits per heavy atom. The third-order valence-corrected chi connectivity index (χ3v) is 4.53. The highest BCUT2D eigenvalue weighted by molar-refractivity contribution is 6.33. The minimum atomic E-state index is -0.558. The monoisotopic (exact) mass is 391 g/mol. The average molecular weight is 392 g/mol. The van der Waals surface area contributed by atoms with Gasteiger partial charge in [-0.05, 0) is 19.2 Å². The fourth-order valence-electron chi connectivity index (χ4n) is 2.71. The number of nitrogens with one attached hydrogen (secondary N) is 2. The molecule has 0 unspecified atom stereocenters. The molecule has 1 saturated heterocycles. The van der Waals surface area contributed by atoms with E-state index in [2.05, 4.69) is 25.7 Å². The van der Waals surface area contributed by atoms with Crippen LogP contribution in [0.3, 0.4) is 0 Å². The maximum atomic E-state index is 12.3. The van der Waals surface area contributed by atoms with Crippen LogP contribution in [0.2, 0.25) is 5.02 Å². The van der Waals surface area contributed by atoms with Gasteiger partial charge in [0.25, 0.3) is 5.91 Å². The van der Waals surface area contributed by atoms with Crippen LogP contribution >= 0.6 is 11.6 Å². The number of anilines is 2. The number of halogens is 1. The van der Waals surface area contributed by atoms with E-state index in [1.807, 2.05) is 11.9 Å². The quantitative estimate of drug-likeness (QED) is 0.582. The van der Waals surface area contributed by atoms with Crippen LogP contribution in [0.4, 0.5) is 17.3 Å². The van der Waals surface area contributed by atoms with Gasteiger partial charge in [0, 0.05) is 26.2 Å². The lowest BCUT2D eigenvalue weighted by Gasteiger charge is -2.32. The van der Waals surface area contributed by atoms with Crippen LogP contribution in [-0.2, 0) is 0 Å². The van der Waals surface area contributed by atoms with E-state index in [-0.39, 0.29) is 27.9 Å². The van der Waals surface area contributed by atoms with Gasteiger partial charge < -0.3 is 9.80 Å². The second kappa shape index (κ2) is 8.14. The molecule has 10 nitrogen and oxygen atoms in total. The summed E-state index contributed by atoms with van der Waals surface area (Å²) in [5.41, 5.74) is 4.86. The van der Waals surface area contributed by atoms with Crippen molar-refractivity contribution in [1.82, 2.24) is 20.3 Å². The summed E-state index contributed by atoms with van der Waals surface area (Å²) in [5.74, 6) is -0.406. The highest BCUT2D eigenvalue weighted by Gasteiger charge is 2.29. The number of benzene rings is 1. The number of hydrogen-bond donors (Lipinski definition) is 2. The van der Waals surface area contributed by atoms with Crippen LogP contribution in [0.25, 0.3) is 0 Å². The Hall–Kier alpha value is -2.98.